The summed E-state index contributed by atoms with van der Waals surface area (Å²) in [6.45, 7) is 12.7. The number of amides is 1. The monoisotopic (exact) mass is 226 g/mol. The number of rotatable bonds is 3. The summed E-state index contributed by atoms with van der Waals surface area (Å²) in [6.07, 6.45) is 1.72. The van der Waals surface area contributed by atoms with Gasteiger partial charge in [-0.3, -0.25) is 4.79 Å². The SMILES string of the molecule is CCC(=O)N1CCC(NC(C)C(C)(C)C)C1. The van der Waals surface area contributed by atoms with Crippen LogP contribution in [0.25, 0.3) is 0 Å². The minimum absolute atomic E-state index is 0.280. The Balaban J connectivity index is 2.40. The fraction of sp³-hybridized carbons (Fsp3) is 0.923. The van der Waals surface area contributed by atoms with Gasteiger partial charge in [-0.25, -0.2) is 0 Å². The molecule has 0 aromatic rings. The van der Waals surface area contributed by atoms with Gasteiger partial charge in [0.15, 0.2) is 0 Å². The van der Waals surface area contributed by atoms with Crippen LogP contribution >= 0.6 is 0 Å². The van der Waals surface area contributed by atoms with Crippen LogP contribution in [0.2, 0.25) is 0 Å². The van der Waals surface area contributed by atoms with Crippen LogP contribution < -0.4 is 5.32 Å². The second-order valence-electron chi connectivity index (χ2n) is 5.93. The minimum Gasteiger partial charge on any atom is -0.341 e. The predicted octanol–water partition coefficient (Wildman–Crippen LogP) is 2.02. The quantitative estimate of drug-likeness (QED) is 0.798. The van der Waals surface area contributed by atoms with Crippen molar-refractivity contribution in [3.8, 4) is 0 Å². The Bertz CT molecular complexity index is 245. The average molecular weight is 226 g/mol. The van der Waals surface area contributed by atoms with Crippen LogP contribution in [0.1, 0.15) is 47.5 Å². The third-order valence-corrected chi connectivity index (χ3v) is 3.63. The molecule has 1 fully saturated rings. The molecule has 3 heteroatoms. The highest BCUT2D eigenvalue weighted by Gasteiger charge is 2.29. The van der Waals surface area contributed by atoms with E-state index in [-0.39, 0.29) is 11.3 Å². The standard InChI is InChI=1S/C13H26N2O/c1-6-12(16)15-8-7-11(9-15)14-10(2)13(3,4)5/h10-11,14H,6-9H2,1-5H3. The van der Waals surface area contributed by atoms with E-state index in [9.17, 15) is 4.79 Å². The highest BCUT2D eigenvalue weighted by molar-refractivity contribution is 5.76. The van der Waals surface area contributed by atoms with Gasteiger partial charge in [0.25, 0.3) is 0 Å². The normalized spacial score (nSPS) is 23.6. The Morgan fingerprint density at radius 1 is 1.50 bits per heavy atom. The maximum absolute atomic E-state index is 11.5. The van der Waals surface area contributed by atoms with Gasteiger partial charge >= 0.3 is 0 Å². The lowest BCUT2D eigenvalue weighted by Crippen LogP contribution is -2.45. The zero-order valence-electron chi connectivity index (χ0n) is 11.3. The Labute approximate surface area is 99.6 Å². The zero-order chi connectivity index (χ0) is 12.3. The largest absolute Gasteiger partial charge is 0.341 e. The number of nitrogens with one attached hydrogen (secondary N) is 1. The number of hydrogen-bond donors (Lipinski definition) is 1. The molecular weight excluding hydrogens is 200 g/mol. The molecule has 0 spiro atoms. The number of nitrogens with zero attached hydrogens (tertiary/aromatic N) is 1. The first kappa shape index (κ1) is 13.5. The molecule has 1 heterocycles. The van der Waals surface area contributed by atoms with Gasteiger partial charge in [0.2, 0.25) is 5.91 Å². The number of likely N-dealkylation sites (tertiary alicyclic amines) is 1. The summed E-state index contributed by atoms with van der Waals surface area (Å²) in [7, 11) is 0. The fourth-order valence-corrected chi connectivity index (χ4v) is 1.95. The molecule has 1 saturated heterocycles. The van der Waals surface area contributed by atoms with Crippen molar-refractivity contribution in [3.63, 3.8) is 0 Å². The molecule has 94 valence electrons. The molecule has 0 aromatic carbocycles. The van der Waals surface area contributed by atoms with E-state index in [1.165, 1.54) is 0 Å². The molecule has 0 saturated carbocycles. The Hall–Kier alpha value is -0.570. The van der Waals surface area contributed by atoms with Gasteiger partial charge in [-0.15, -0.1) is 0 Å². The number of carbonyl (C=O) groups excluding carboxylic acids is 1. The first-order valence-electron chi connectivity index (χ1n) is 6.38. The third-order valence-electron chi connectivity index (χ3n) is 3.63. The van der Waals surface area contributed by atoms with Crippen LogP contribution in [-0.2, 0) is 4.79 Å². The molecule has 16 heavy (non-hydrogen) atoms. The van der Waals surface area contributed by atoms with Gasteiger partial charge in [-0.1, -0.05) is 27.7 Å². The van der Waals surface area contributed by atoms with Crippen molar-refractivity contribution in [2.45, 2.75) is 59.5 Å². The van der Waals surface area contributed by atoms with Gasteiger partial charge in [0, 0.05) is 31.6 Å². The van der Waals surface area contributed by atoms with E-state index in [0.29, 0.717) is 18.5 Å². The molecule has 2 atom stereocenters. The zero-order valence-corrected chi connectivity index (χ0v) is 11.3. The van der Waals surface area contributed by atoms with Crippen LogP contribution in [0.5, 0.6) is 0 Å². The predicted molar refractivity (Wildman–Crippen MR) is 67.3 cm³/mol. The summed E-state index contributed by atoms with van der Waals surface area (Å²) in [4.78, 5) is 13.5. The van der Waals surface area contributed by atoms with E-state index in [4.69, 9.17) is 0 Å². The van der Waals surface area contributed by atoms with Crippen LogP contribution in [0.3, 0.4) is 0 Å². The van der Waals surface area contributed by atoms with E-state index in [1.807, 2.05) is 11.8 Å². The highest BCUT2D eigenvalue weighted by Crippen LogP contribution is 2.21. The molecule has 0 radical (unpaired) electrons. The summed E-state index contributed by atoms with van der Waals surface area (Å²) in [5.41, 5.74) is 0.280. The molecule has 1 N–H and O–H groups in total. The lowest BCUT2D eigenvalue weighted by molar-refractivity contribution is -0.129. The maximum atomic E-state index is 11.5. The van der Waals surface area contributed by atoms with Crippen molar-refractivity contribution >= 4 is 5.91 Å². The average Bonchev–Trinajstić information content (AvgIpc) is 2.63. The van der Waals surface area contributed by atoms with Crippen LogP contribution in [0.15, 0.2) is 0 Å². The highest BCUT2D eigenvalue weighted by atomic mass is 16.2. The van der Waals surface area contributed by atoms with Crippen LogP contribution in [0, 0.1) is 5.41 Å². The topological polar surface area (TPSA) is 32.3 Å². The van der Waals surface area contributed by atoms with Gasteiger partial charge in [-0.05, 0) is 18.8 Å². The van der Waals surface area contributed by atoms with Crippen molar-refractivity contribution in [1.82, 2.24) is 10.2 Å². The van der Waals surface area contributed by atoms with E-state index in [2.05, 4.69) is 33.0 Å². The molecule has 2 unspecified atom stereocenters. The van der Waals surface area contributed by atoms with Gasteiger partial charge < -0.3 is 10.2 Å². The second kappa shape index (κ2) is 5.17. The van der Waals surface area contributed by atoms with E-state index >= 15 is 0 Å². The van der Waals surface area contributed by atoms with Crippen molar-refractivity contribution in [2.75, 3.05) is 13.1 Å². The molecule has 1 rings (SSSR count). The number of carbonyl (C=O) groups is 1. The maximum Gasteiger partial charge on any atom is 0.222 e. The minimum atomic E-state index is 0.280. The first-order chi connectivity index (χ1) is 7.34. The fourth-order valence-electron chi connectivity index (χ4n) is 1.95. The second-order valence-corrected chi connectivity index (χ2v) is 5.93. The summed E-state index contributed by atoms with van der Waals surface area (Å²) in [5, 5.41) is 3.63. The molecule has 0 aliphatic carbocycles. The Morgan fingerprint density at radius 3 is 2.62 bits per heavy atom. The Kier molecular flexibility index (Phi) is 4.36. The lowest BCUT2D eigenvalue weighted by Gasteiger charge is -2.31. The van der Waals surface area contributed by atoms with Gasteiger partial charge in [-0.2, -0.15) is 0 Å². The molecule has 3 nitrogen and oxygen atoms in total. The summed E-state index contributed by atoms with van der Waals surface area (Å²) in [6, 6.07) is 0.957. The van der Waals surface area contributed by atoms with E-state index in [0.717, 1.165) is 19.5 Å². The summed E-state index contributed by atoms with van der Waals surface area (Å²) < 4.78 is 0. The molecular formula is C13H26N2O. The van der Waals surface area contributed by atoms with E-state index in [1.54, 1.807) is 0 Å². The number of hydrogen-bond acceptors (Lipinski definition) is 2. The molecule has 0 aromatic heterocycles. The first-order valence-corrected chi connectivity index (χ1v) is 6.38. The molecule has 0 bridgehead atoms. The van der Waals surface area contributed by atoms with Crippen molar-refractivity contribution in [1.29, 1.82) is 0 Å². The summed E-state index contributed by atoms with van der Waals surface area (Å²) >= 11 is 0. The van der Waals surface area contributed by atoms with Crippen molar-refractivity contribution in [2.24, 2.45) is 5.41 Å². The van der Waals surface area contributed by atoms with Crippen molar-refractivity contribution in [3.05, 3.63) is 0 Å². The smallest absolute Gasteiger partial charge is 0.222 e. The van der Waals surface area contributed by atoms with Gasteiger partial charge in [0.1, 0.15) is 0 Å². The molecule has 1 aliphatic rings. The van der Waals surface area contributed by atoms with Crippen molar-refractivity contribution < 1.29 is 4.79 Å². The van der Waals surface area contributed by atoms with E-state index < -0.39 is 0 Å². The van der Waals surface area contributed by atoms with Gasteiger partial charge in [0.05, 0.1) is 0 Å². The summed E-state index contributed by atoms with van der Waals surface area (Å²) in [5.74, 6) is 0.285. The lowest BCUT2D eigenvalue weighted by atomic mass is 9.87. The third kappa shape index (κ3) is 3.48. The Morgan fingerprint density at radius 2 is 2.12 bits per heavy atom. The van der Waals surface area contributed by atoms with Crippen LogP contribution in [0.4, 0.5) is 0 Å². The van der Waals surface area contributed by atoms with Crippen LogP contribution in [-0.4, -0.2) is 36.0 Å². The molecule has 1 amide bonds. The molecule has 1 aliphatic heterocycles.